The highest BCUT2D eigenvalue weighted by Crippen LogP contribution is 2.30. The zero-order valence-corrected chi connectivity index (χ0v) is 22.5. The Kier molecular flexibility index (Phi) is 16.0. The van der Waals surface area contributed by atoms with Crippen molar-refractivity contribution < 1.29 is 52.3 Å². The summed E-state index contributed by atoms with van der Waals surface area (Å²) < 4.78 is 34.9. The summed E-state index contributed by atoms with van der Waals surface area (Å²) in [5.74, 6) is -0.904. The molecule has 1 aromatic rings. The number of methoxy groups -OCH3 is 1. The van der Waals surface area contributed by atoms with E-state index in [1.807, 2.05) is 13.8 Å². The molecule has 2 atom stereocenters. The Morgan fingerprint density at radius 1 is 0.816 bits per heavy atom. The third-order valence-corrected chi connectivity index (χ3v) is 5.01. The number of carbonyl (C=O) groups is 4. The van der Waals surface area contributed by atoms with E-state index in [2.05, 4.69) is 4.74 Å². The van der Waals surface area contributed by atoms with Gasteiger partial charge < -0.3 is 38.9 Å². The van der Waals surface area contributed by atoms with Crippen LogP contribution in [0.5, 0.6) is 11.5 Å². The molecule has 0 aliphatic rings. The molecule has 12 nitrogen and oxygen atoms in total. The molecule has 0 bridgehead atoms. The molecule has 0 heterocycles. The maximum Gasteiger partial charge on any atom is 0.513 e. The summed E-state index contributed by atoms with van der Waals surface area (Å²) in [5.41, 5.74) is 6.47. The fourth-order valence-corrected chi connectivity index (χ4v) is 3.00. The number of rotatable bonds is 16. The summed E-state index contributed by atoms with van der Waals surface area (Å²) in [4.78, 5) is 47.7. The van der Waals surface area contributed by atoms with Gasteiger partial charge in [-0.1, -0.05) is 45.6 Å². The molecule has 38 heavy (non-hydrogen) atoms. The summed E-state index contributed by atoms with van der Waals surface area (Å²) in [6, 6.07) is 3.27. The number of unbranched alkanes of at least 4 members (excludes halogenated alkanes) is 4. The van der Waals surface area contributed by atoms with E-state index < -0.39 is 36.6 Å². The van der Waals surface area contributed by atoms with Gasteiger partial charge in [0.1, 0.15) is 18.8 Å². The van der Waals surface area contributed by atoms with Gasteiger partial charge in [-0.25, -0.2) is 14.4 Å². The van der Waals surface area contributed by atoms with Crippen molar-refractivity contribution in [2.45, 2.75) is 77.9 Å². The van der Waals surface area contributed by atoms with Gasteiger partial charge in [0.15, 0.2) is 11.5 Å². The van der Waals surface area contributed by atoms with Crippen molar-refractivity contribution in [3.63, 3.8) is 0 Å². The number of benzene rings is 1. The number of hydrogen-bond acceptors (Lipinski definition) is 12. The van der Waals surface area contributed by atoms with Gasteiger partial charge in [0.05, 0.1) is 20.3 Å². The molecule has 0 unspecified atom stereocenters. The molecular formula is C26H39NO11. The predicted octanol–water partition coefficient (Wildman–Crippen LogP) is 4.68. The van der Waals surface area contributed by atoms with Gasteiger partial charge in [-0.3, -0.25) is 4.79 Å². The van der Waals surface area contributed by atoms with E-state index in [0.29, 0.717) is 18.4 Å². The van der Waals surface area contributed by atoms with Crippen LogP contribution in [-0.2, 0) is 34.9 Å². The molecule has 0 saturated heterocycles. The summed E-state index contributed by atoms with van der Waals surface area (Å²) >= 11 is 0. The van der Waals surface area contributed by atoms with Crippen LogP contribution in [0.1, 0.15) is 64.9 Å². The Hall–Kier alpha value is -3.54. The monoisotopic (exact) mass is 541 g/mol. The average molecular weight is 542 g/mol. The van der Waals surface area contributed by atoms with Crippen molar-refractivity contribution >= 4 is 24.4 Å². The molecule has 0 aliphatic heterocycles. The normalized spacial score (nSPS) is 12.0. The first-order valence-electron chi connectivity index (χ1n) is 12.7. The lowest BCUT2D eigenvalue weighted by Crippen LogP contribution is -2.37. The zero-order chi connectivity index (χ0) is 28.3. The first-order chi connectivity index (χ1) is 18.2. The van der Waals surface area contributed by atoms with E-state index in [1.165, 1.54) is 19.1 Å². The van der Waals surface area contributed by atoms with Gasteiger partial charge in [0, 0.05) is 0 Å². The highest BCUT2D eigenvalue weighted by Gasteiger charge is 2.22. The molecule has 0 radical (unpaired) electrons. The lowest BCUT2D eigenvalue weighted by Gasteiger charge is -2.17. The van der Waals surface area contributed by atoms with E-state index in [4.69, 9.17) is 34.2 Å². The molecule has 214 valence electrons. The van der Waals surface area contributed by atoms with Crippen LogP contribution in [0.3, 0.4) is 0 Å². The molecular weight excluding hydrogens is 502 g/mol. The van der Waals surface area contributed by atoms with Gasteiger partial charge in [-0.2, -0.15) is 0 Å². The van der Waals surface area contributed by atoms with Crippen LogP contribution >= 0.6 is 0 Å². The van der Waals surface area contributed by atoms with Gasteiger partial charge in [-0.15, -0.1) is 0 Å². The van der Waals surface area contributed by atoms with Crippen molar-refractivity contribution in [3.8, 4) is 11.5 Å². The van der Waals surface area contributed by atoms with Crippen molar-refractivity contribution in [3.05, 3.63) is 23.8 Å². The molecule has 1 aromatic carbocycles. The number of nitrogens with two attached hydrogens (primary N) is 1. The maximum atomic E-state index is 12.4. The van der Waals surface area contributed by atoms with E-state index in [-0.39, 0.29) is 37.7 Å². The van der Waals surface area contributed by atoms with E-state index >= 15 is 0 Å². The topological polar surface area (TPSA) is 159 Å². The Labute approximate surface area is 223 Å². The number of esters is 1. The zero-order valence-electron chi connectivity index (χ0n) is 22.5. The van der Waals surface area contributed by atoms with E-state index in [0.717, 1.165) is 32.8 Å². The molecule has 2 N–H and O–H groups in total. The SMILES string of the molecule is CCCCCOC(=O)Oc1ccc(C[C@H](N)C(=O)O[C@@H](C)COC(=O)OC)cc1OC(=O)OCCCCC. The van der Waals surface area contributed by atoms with Crippen molar-refractivity contribution in [1.82, 2.24) is 0 Å². The predicted molar refractivity (Wildman–Crippen MR) is 135 cm³/mol. The van der Waals surface area contributed by atoms with E-state index in [1.54, 1.807) is 6.07 Å². The van der Waals surface area contributed by atoms with Crippen molar-refractivity contribution in [2.24, 2.45) is 5.73 Å². The number of hydrogen-bond donors (Lipinski definition) is 1. The average Bonchev–Trinajstić information content (AvgIpc) is 2.89. The Morgan fingerprint density at radius 2 is 1.39 bits per heavy atom. The first-order valence-corrected chi connectivity index (χ1v) is 12.7. The minimum atomic E-state index is -1.08. The van der Waals surface area contributed by atoms with Crippen LogP contribution in [0.4, 0.5) is 14.4 Å². The van der Waals surface area contributed by atoms with Gasteiger partial charge in [0.2, 0.25) is 0 Å². The third kappa shape index (κ3) is 13.7. The summed E-state index contributed by atoms with van der Waals surface area (Å²) in [6.07, 6.45) is 1.52. The largest absolute Gasteiger partial charge is 0.513 e. The van der Waals surface area contributed by atoms with Crippen LogP contribution in [0.2, 0.25) is 0 Å². The summed E-state index contributed by atoms with van der Waals surface area (Å²) in [5, 5.41) is 0. The second kappa shape index (κ2) is 18.7. The molecule has 0 amide bonds. The molecule has 0 fully saturated rings. The van der Waals surface area contributed by atoms with Crippen molar-refractivity contribution in [2.75, 3.05) is 26.9 Å². The molecule has 1 rings (SSSR count). The Balaban J connectivity index is 2.86. The fraction of sp³-hybridized carbons (Fsp3) is 0.615. The van der Waals surface area contributed by atoms with Crippen molar-refractivity contribution in [1.29, 1.82) is 0 Å². The third-order valence-electron chi connectivity index (χ3n) is 5.01. The van der Waals surface area contributed by atoms with Crippen LogP contribution in [0, 0.1) is 0 Å². The lowest BCUT2D eigenvalue weighted by molar-refractivity contribution is -0.152. The highest BCUT2D eigenvalue weighted by molar-refractivity contribution is 5.76. The minimum Gasteiger partial charge on any atom is -0.458 e. The Bertz CT molecular complexity index is 890. The highest BCUT2D eigenvalue weighted by atomic mass is 16.7. The molecule has 0 aromatic heterocycles. The van der Waals surface area contributed by atoms with Crippen LogP contribution in [0.15, 0.2) is 18.2 Å². The van der Waals surface area contributed by atoms with Crippen LogP contribution < -0.4 is 15.2 Å². The second-order valence-corrected chi connectivity index (χ2v) is 8.42. The maximum absolute atomic E-state index is 12.4. The summed E-state index contributed by atoms with van der Waals surface area (Å²) in [7, 11) is 1.16. The molecule has 0 saturated carbocycles. The molecule has 0 aliphatic carbocycles. The minimum absolute atomic E-state index is 0.00701. The van der Waals surface area contributed by atoms with Gasteiger partial charge in [0.25, 0.3) is 0 Å². The summed E-state index contributed by atoms with van der Waals surface area (Å²) in [6.45, 7) is 5.74. The smallest absolute Gasteiger partial charge is 0.458 e. The Morgan fingerprint density at radius 3 is 1.95 bits per heavy atom. The van der Waals surface area contributed by atoms with Crippen LogP contribution in [-0.4, -0.2) is 63.5 Å². The fourth-order valence-electron chi connectivity index (χ4n) is 3.00. The van der Waals surface area contributed by atoms with Gasteiger partial charge in [-0.05, 0) is 43.9 Å². The molecule has 0 spiro atoms. The van der Waals surface area contributed by atoms with Crippen LogP contribution in [0.25, 0.3) is 0 Å². The number of carbonyl (C=O) groups excluding carboxylic acids is 4. The first kappa shape index (κ1) is 32.5. The standard InChI is InChI=1S/C26H39NO11/c1-5-7-9-13-33-25(30)37-21-12-11-19(16-22(21)38-26(31)34-14-10-8-6-2)15-20(27)23(28)36-18(3)17-35-24(29)32-4/h11-12,16,18,20H,5-10,13-15,17,27H2,1-4H3/t18-,20-/m0/s1. The van der Waals surface area contributed by atoms with E-state index in [9.17, 15) is 19.2 Å². The number of ether oxygens (including phenoxy) is 7. The second-order valence-electron chi connectivity index (χ2n) is 8.42. The van der Waals surface area contributed by atoms with Gasteiger partial charge >= 0.3 is 24.4 Å². The quantitative estimate of drug-likeness (QED) is 0.133. The molecule has 12 heteroatoms. The lowest BCUT2D eigenvalue weighted by atomic mass is 10.1.